The van der Waals surface area contributed by atoms with E-state index in [1.807, 2.05) is 25.1 Å². The predicted octanol–water partition coefficient (Wildman–Crippen LogP) is 2.72. The van der Waals surface area contributed by atoms with E-state index in [2.05, 4.69) is 15.9 Å². The molecule has 0 saturated heterocycles. The van der Waals surface area contributed by atoms with Gasteiger partial charge in [0, 0.05) is 22.3 Å². The second-order valence-electron chi connectivity index (χ2n) is 3.67. The average Bonchev–Trinajstić information content (AvgIpc) is 2.33. The van der Waals surface area contributed by atoms with E-state index in [1.165, 1.54) is 10.6 Å². The van der Waals surface area contributed by atoms with Gasteiger partial charge in [0.15, 0.2) is 0 Å². The number of hydrogen-bond donors (Lipinski definition) is 0. The SMILES string of the molecule is Cc1c(Br)cccc1-n1ccc(C=O)cc1=O. The molecule has 2 rings (SSSR count). The van der Waals surface area contributed by atoms with Crippen molar-refractivity contribution in [3.8, 4) is 5.69 Å². The summed E-state index contributed by atoms with van der Waals surface area (Å²) in [6.45, 7) is 1.93. The lowest BCUT2D eigenvalue weighted by atomic mass is 10.2. The van der Waals surface area contributed by atoms with Gasteiger partial charge in [-0.15, -0.1) is 0 Å². The van der Waals surface area contributed by atoms with Crippen LogP contribution < -0.4 is 5.56 Å². The largest absolute Gasteiger partial charge is 0.298 e. The number of benzene rings is 1. The minimum atomic E-state index is -0.212. The Labute approximate surface area is 107 Å². The molecule has 17 heavy (non-hydrogen) atoms. The van der Waals surface area contributed by atoms with Crippen molar-refractivity contribution in [3.05, 3.63) is 62.5 Å². The second-order valence-corrected chi connectivity index (χ2v) is 4.52. The maximum absolute atomic E-state index is 11.9. The maximum Gasteiger partial charge on any atom is 0.255 e. The van der Waals surface area contributed by atoms with Crippen molar-refractivity contribution < 1.29 is 4.79 Å². The van der Waals surface area contributed by atoms with Crippen molar-refractivity contribution in [1.29, 1.82) is 0 Å². The number of carbonyl (C=O) groups excluding carboxylic acids is 1. The first-order chi connectivity index (χ1) is 8.13. The van der Waals surface area contributed by atoms with Gasteiger partial charge in [0.1, 0.15) is 6.29 Å². The van der Waals surface area contributed by atoms with Gasteiger partial charge in [-0.1, -0.05) is 22.0 Å². The minimum Gasteiger partial charge on any atom is -0.298 e. The zero-order chi connectivity index (χ0) is 12.4. The van der Waals surface area contributed by atoms with E-state index in [1.54, 1.807) is 12.3 Å². The number of aldehydes is 1. The van der Waals surface area contributed by atoms with E-state index in [4.69, 9.17) is 0 Å². The topological polar surface area (TPSA) is 39.1 Å². The quantitative estimate of drug-likeness (QED) is 0.798. The number of rotatable bonds is 2. The molecule has 0 aliphatic carbocycles. The van der Waals surface area contributed by atoms with Crippen molar-refractivity contribution in [1.82, 2.24) is 4.57 Å². The maximum atomic E-state index is 11.9. The van der Waals surface area contributed by atoms with Crippen LogP contribution >= 0.6 is 15.9 Å². The minimum absolute atomic E-state index is 0.212. The van der Waals surface area contributed by atoms with E-state index in [0.717, 1.165) is 15.7 Å². The van der Waals surface area contributed by atoms with Gasteiger partial charge >= 0.3 is 0 Å². The van der Waals surface area contributed by atoms with E-state index < -0.39 is 0 Å². The summed E-state index contributed by atoms with van der Waals surface area (Å²) >= 11 is 3.42. The standard InChI is InChI=1S/C13H10BrNO2/c1-9-11(14)3-2-4-12(9)15-6-5-10(8-16)7-13(15)17/h2-8H,1H3. The summed E-state index contributed by atoms with van der Waals surface area (Å²) < 4.78 is 2.47. The first kappa shape index (κ1) is 11.8. The van der Waals surface area contributed by atoms with Crippen molar-refractivity contribution in [2.75, 3.05) is 0 Å². The smallest absolute Gasteiger partial charge is 0.255 e. The fourth-order valence-electron chi connectivity index (χ4n) is 1.62. The number of halogens is 1. The highest BCUT2D eigenvalue weighted by atomic mass is 79.9. The summed E-state index contributed by atoms with van der Waals surface area (Å²) in [5, 5.41) is 0. The van der Waals surface area contributed by atoms with Crippen LogP contribution in [0.5, 0.6) is 0 Å². The molecule has 0 unspecified atom stereocenters. The van der Waals surface area contributed by atoms with Gasteiger partial charge in [-0.3, -0.25) is 14.2 Å². The molecule has 4 heteroatoms. The van der Waals surface area contributed by atoms with Gasteiger partial charge < -0.3 is 0 Å². The summed E-state index contributed by atoms with van der Waals surface area (Å²) in [5.74, 6) is 0. The fourth-order valence-corrected chi connectivity index (χ4v) is 1.98. The molecule has 0 saturated carbocycles. The summed E-state index contributed by atoms with van der Waals surface area (Å²) in [5.41, 5.74) is 1.96. The van der Waals surface area contributed by atoms with Gasteiger partial charge in [-0.25, -0.2) is 0 Å². The lowest BCUT2D eigenvalue weighted by Crippen LogP contribution is -2.18. The number of carbonyl (C=O) groups is 1. The van der Waals surface area contributed by atoms with Crippen molar-refractivity contribution in [3.63, 3.8) is 0 Å². The lowest BCUT2D eigenvalue weighted by Gasteiger charge is -2.10. The first-order valence-electron chi connectivity index (χ1n) is 5.07. The zero-order valence-corrected chi connectivity index (χ0v) is 10.8. The van der Waals surface area contributed by atoms with Gasteiger partial charge in [-0.05, 0) is 30.7 Å². The van der Waals surface area contributed by atoms with E-state index in [9.17, 15) is 9.59 Å². The van der Waals surface area contributed by atoms with E-state index in [0.29, 0.717) is 11.8 Å². The highest BCUT2D eigenvalue weighted by Crippen LogP contribution is 2.21. The Morgan fingerprint density at radius 3 is 2.71 bits per heavy atom. The molecule has 3 nitrogen and oxygen atoms in total. The third kappa shape index (κ3) is 2.22. The summed E-state index contributed by atoms with van der Waals surface area (Å²) in [4.78, 5) is 22.4. The van der Waals surface area contributed by atoms with Crippen LogP contribution in [0.1, 0.15) is 15.9 Å². The van der Waals surface area contributed by atoms with Crippen molar-refractivity contribution in [2.24, 2.45) is 0 Å². The molecule has 1 aromatic carbocycles. The number of hydrogen-bond acceptors (Lipinski definition) is 2. The molecule has 1 aromatic heterocycles. The van der Waals surface area contributed by atoms with E-state index in [-0.39, 0.29) is 5.56 Å². The average molecular weight is 292 g/mol. The molecule has 0 aliphatic rings. The summed E-state index contributed by atoms with van der Waals surface area (Å²) in [6.07, 6.45) is 2.28. The van der Waals surface area contributed by atoms with Crippen molar-refractivity contribution in [2.45, 2.75) is 6.92 Å². The van der Waals surface area contributed by atoms with Gasteiger partial charge in [-0.2, -0.15) is 0 Å². The van der Waals surface area contributed by atoms with Crippen LogP contribution in [0.2, 0.25) is 0 Å². The molecule has 2 aromatic rings. The Balaban J connectivity index is 2.65. The molecule has 0 aliphatic heterocycles. The van der Waals surface area contributed by atoms with Crippen LogP contribution in [0.3, 0.4) is 0 Å². The molecule has 0 bridgehead atoms. The molecule has 1 heterocycles. The Morgan fingerprint density at radius 1 is 1.29 bits per heavy atom. The molecule has 0 N–H and O–H groups in total. The summed E-state index contributed by atoms with van der Waals surface area (Å²) in [6, 6.07) is 8.60. The lowest BCUT2D eigenvalue weighted by molar-refractivity contribution is 0.112. The third-order valence-electron chi connectivity index (χ3n) is 2.58. The Kier molecular flexibility index (Phi) is 3.24. The molecular weight excluding hydrogens is 282 g/mol. The van der Waals surface area contributed by atoms with Crippen molar-refractivity contribution >= 4 is 22.2 Å². The predicted molar refractivity (Wildman–Crippen MR) is 69.9 cm³/mol. The van der Waals surface area contributed by atoms with E-state index >= 15 is 0 Å². The highest BCUT2D eigenvalue weighted by Gasteiger charge is 2.05. The molecule has 0 spiro atoms. The van der Waals surface area contributed by atoms with Crippen LogP contribution in [0.25, 0.3) is 5.69 Å². The number of nitrogens with zero attached hydrogens (tertiary/aromatic N) is 1. The normalized spacial score (nSPS) is 10.2. The monoisotopic (exact) mass is 291 g/mol. The Bertz CT molecular complexity index is 632. The van der Waals surface area contributed by atoms with Gasteiger partial charge in [0.2, 0.25) is 0 Å². The molecule has 0 fully saturated rings. The molecule has 0 radical (unpaired) electrons. The van der Waals surface area contributed by atoms with Crippen LogP contribution in [0.15, 0.2) is 45.8 Å². The second kappa shape index (κ2) is 4.67. The Morgan fingerprint density at radius 2 is 2.06 bits per heavy atom. The number of aromatic nitrogens is 1. The molecular formula is C13H10BrNO2. The zero-order valence-electron chi connectivity index (χ0n) is 9.18. The number of pyridine rings is 1. The third-order valence-corrected chi connectivity index (χ3v) is 3.44. The Hall–Kier alpha value is -1.68. The van der Waals surface area contributed by atoms with Crippen LogP contribution in [0, 0.1) is 6.92 Å². The highest BCUT2D eigenvalue weighted by molar-refractivity contribution is 9.10. The molecule has 86 valence electrons. The van der Waals surface area contributed by atoms with Crippen LogP contribution in [-0.2, 0) is 0 Å². The van der Waals surface area contributed by atoms with Gasteiger partial charge in [0.05, 0.1) is 5.69 Å². The molecule has 0 atom stereocenters. The van der Waals surface area contributed by atoms with Gasteiger partial charge in [0.25, 0.3) is 5.56 Å². The summed E-state index contributed by atoms with van der Waals surface area (Å²) in [7, 11) is 0. The first-order valence-corrected chi connectivity index (χ1v) is 5.86. The van der Waals surface area contributed by atoms with Crippen LogP contribution in [0.4, 0.5) is 0 Å². The molecule has 0 amide bonds. The van der Waals surface area contributed by atoms with Crippen LogP contribution in [-0.4, -0.2) is 10.9 Å². The fraction of sp³-hybridized carbons (Fsp3) is 0.0769.